The summed E-state index contributed by atoms with van der Waals surface area (Å²) in [4.78, 5) is 15.0. The molecule has 3 aromatic heterocycles. The lowest BCUT2D eigenvalue weighted by atomic mass is 9.97. The molecule has 5 nitrogen and oxygen atoms in total. The molecule has 3 aromatic rings. The molecule has 3 heterocycles. The van der Waals surface area contributed by atoms with E-state index in [1.807, 2.05) is 19.2 Å². The number of fused-ring (bicyclic) bond motifs is 3. The highest BCUT2D eigenvalue weighted by Gasteiger charge is 2.27. The standard InChI is InChI=1S/C16H17N3O2S/c1-18-15-13(11-6-2-3-7-12(11)22-15)14(17)19(16(18)20)9-10-5-4-8-21-10/h4-5,8,17H,2-3,6-7,9H2,1H3/p+1. The molecular weight excluding hydrogens is 298 g/mol. The predicted molar refractivity (Wildman–Crippen MR) is 86.1 cm³/mol. The first-order valence-electron chi connectivity index (χ1n) is 7.51. The molecule has 0 fully saturated rings. The Bertz CT molecular complexity index is 906. The van der Waals surface area contributed by atoms with Crippen LogP contribution in [0.25, 0.3) is 10.2 Å². The van der Waals surface area contributed by atoms with Gasteiger partial charge in [0.2, 0.25) is 5.82 Å². The molecule has 6 heteroatoms. The number of nitrogens with zero attached hydrogens (tertiary/aromatic N) is 2. The van der Waals surface area contributed by atoms with E-state index in [9.17, 15) is 4.79 Å². The van der Waals surface area contributed by atoms with Crippen LogP contribution in [-0.2, 0) is 26.4 Å². The molecule has 0 spiro atoms. The Balaban J connectivity index is 1.99. The van der Waals surface area contributed by atoms with Gasteiger partial charge in [0.05, 0.1) is 13.3 Å². The first kappa shape index (κ1) is 13.6. The molecular formula is C16H18N3O2S+. The Kier molecular flexibility index (Phi) is 3.07. The average molecular weight is 316 g/mol. The maximum atomic E-state index is 12.7. The largest absolute Gasteiger partial charge is 0.500 e. The van der Waals surface area contributed by atoms with Crippen LogP contribution in [0.5, 0.6) is 0 Å². The normalized spacial score (nSPS) is 14.4. The van der Waals surface area contributed by atoms with Crippen LogP contribution in [0.15, 0.2) is 27.6 Å². The maximum Gasteiger partial charge on any atom is 0.500 e. The second-order valence-electron chi connectivity index (χ2n) is 5.78. The Morgan fingerprint density at radius 1 is 1.41 bits per heavy atom. The van der Waals surface area contributed by atoms with Crippen molar-refractivity contribution in [1.82, 2.24) is 4.57 Å². The maximum absolute atomic E-state index is 12.7. The molecule has 114 valence electrons. The van der Waals surface area contributed by atoms with Crippen molar-refractivity contribution in [3.05, 3.63) is 45.1 Å². The van der Waals surface area contributed by atoms with Gasteiger partial charge in [-0.1, -0.05) is 11.3 Å². The van der Waals surface area contributed by atoms with E-state index >= 15 is 0 Å². The molecule has 0 atom stereocenters. The quantitative estimate of drug-likeness (QED) is 0.735. The average Bonchev–Trinajstić information content (AvgIpc) is 3.16. The van der Waals surface area contributed by atoms with E-state index in [1.165, 1.54) is 23.3 Å². The zero-order chi connectivity index (χ0) is 15.3. The second kappa shape index (κ2) is 4.98. The van der Waals surface area contributed by atoms with Crippen LogP contribution >= 0.6 is 11.3 Å². The van der Waals surface area contributed by atoms with Gasteiger partial charge in [-0.3, -0.25) is 0 Å². The van der Waals surface area contributed by atoms with Crippen LogP contribution < -0.4 is 16.0 Å². The van der Waals surface area contributed by atoms with Crippen LogP contribution in [0.1, 0.15) is 29.0 Å². The van der Waals surface area contributed by atoms with E-state index < -0.39 is 0 Å². The molecule has 0 aromatic carbocycles. The van der Waals surface area contributed by atoms with E-state index in [4.69, 9.17) is 10.2 Å². The topological polar surface area (TPSA) is 65.0 Å². The van der Waals surface area contributed by atoms with Crippen LogP contribution in [0.4, 0.5) is 5.82 Å². The van der Waals surface area contributed by atoms with E-state index in [-0.39, 0.29) is 5.69 Å². The number of hydrogen-bond acceptors (Lipinski definition) is 4. The van der Waals surface area contributed by atoms with Crippen LogP contribution in [0.3, 0.4) is 0 Å². The SMILES string of the molecule is C[n+]1c(=O)n(Cc2ccco2)c(N)c2c3c(sc21)CCCC3. The third-order valence-electron chi connectivity index (χ3n) is 4.42. The van der Waals surface area contributed by atoms with Gasteiger partial charge in [-0.2, -0.15) is 13.9 Å². The lowest BCUT2D eigenvalue weighted by Crippen LogP contribution is -2.52. The molecule has 0 radical (unpaired) electrons. The predicted octanol–water partition coefficient (Wildman–Crippen LogP) is 1.99. The molecule has 0 amide bonds. The summed E-state index contributed by atoms with van der Waals surface area (Å²) >= 11 is 1.72. The highest BCUT2D eigenvalue weighted by atomic mass is 32.1. The third kappa shape index (κ3) is 1.90. The lowest BCUT2D eigenvalue weighted by molar-refractivity contribution is -0.662. The fourth-order valence-corrected chi connectivity index (χ4v) is 4.62. The molecule has 22 heavy (non-hydrogen) atoms. The molecule has 2 N–H and O–H groups in total. The first-order valence-corrected chi connectivity index (χ1v) is 8.33. The van der Waals surface area contributed by atoms with Gasteiger partial charge in [-0.05, 0) is 43.4 Å². The first-order chi connectivity index (χ1) is 10.7. The van der Waals surface area contributed by atoms with Gasteiger partial charge >= 0.3 is 5.69 Å². The molecule has 0 saturated heterocycles. The van der Waals surface area contributed by atoms with Crippen LogP contribution in [0.2, 0.25) is 0 Å². The fraction of sp³-hybridized carbons (Fsp3) is 0.375. The van der Waals surface area contributed by atoms with Gasteiger partial charge in [0.25, 0.3) is 0 Å². The van der Waals surface area contributed by atoms with Gasteiger partial charge in [-0.15, -0.1) is 0 Å². The Morgan fingerprint density at radius 3 is 3.00 bits per heavy atom. The Labute approximate surface area is 131 Å². The summed E-state index contributed by atoms with van der Waals surface area (Å²) in [6.45, 7) is 0.367. The van der Waals surface area contributed by atoms with E-state index in [2.05, 4.69) is 0 Å². The highest BCUT2D eigenvalue weighted by Crippen LogP contribution is 2.36. The molecule has 1 aliphatic carbocycles. The summed E-state index contributed by atoms with van der Waals surface area (Å²) in [5.74, 6) is 1.30. The summed E-state index contributed by atoms with van der Waals surface area (Å²) in [6, 6.07) is 3.68. The minimum atomic E-state index is -0.0972. The monoisotopic (exact) mass is 316 g/mol. The Morgan fingerprint density at radius 2 is 2.23 bits per heavy atom. The van der Waals surface area contributed by atoms with Crippen molar-refractivity contribution in [2.24, 2.45) is 7.05 Å². The number of furan rings is 1. The van der Waals surface area contributed by atoms with Gasteiger partial charge < -0.3 is 10.2 Å². The highest BCUT2D eigenvalue weighted by molar-refractivity contribution is 7.18. The van der Waals surface area contributed by atoms with E-state index in [0.29, 0.717) is 12.4 Å². The van der Waals surface area contributed by atoms with Crippen molar-refractivity contribution in [3.8, 4) is 0 Å². The minimum absolute atomic E-state index is 0.0972. The molecule has 0 aliphatic heterocycles. The third-order valence-corrected chi connectivity index (χ3v) is 5.78. The number of aryl methyl sites for hydroxylation is 3. The van der Waals surface area contributed by atoms with Crippen molar-refractivity contribution >= 4 is 27.4 Å². The number of aromatic nitrogens is 2. The second-order valence-corrected chi connectivity index (χ2v) is 6.87. The smallest absolute Gasteiger partial charge is 0.465 e. The molecule has 4 rings (SSSR count). The number of nitrogen functional groups attached to an aromatic ring is 1. The summed E-state index contributed by atoms with van der Waals surface area (Å²) in [6.07, 6.45) is 6.18. The van der Waals surface area contributed by atoms with Gasteiger partial charge in [0, 0.05) is 4.88 Å². The van der Waals surface area contributed by atoms with Gasteiger partial charge in [0.15, 0.2) is 11.4 Å². The molecule has 0 unspecified atom stereocenters. The number of thiophene rings is 1. The minimum Gasteiger partial charge on any atom is -0.465 e. The van der Waals surface area contributed by atoms with Crippen molar-refractivity contribution in [2.75, 3.05) is 5.73 Å². The van der Waals surface area contributed by atoms with Crippen molar-refractivity contribution < 1.29 is 8.98 Å². The van der Waals surface area contributed by atoms with Crippen molar-refractivity contribution in [3.63, 3.8) is 0 Å². The van der Waals surface area contributed by atoms with Crippen LogP contribution in [0, 0.1) is 0 Å². The van der Waals surface area contributed by atoms with Crippen molar-refractivity contribution in [2.45, 2.75) is 32.2 Å². The molecule has 0 bridgehead atoms. The van der Waals surface area contributed by atoms with Crippen molar-refractivity contribution in [1.29, 1.82) is 0 Å². The summed E-state index contributed by atoms with van der Waals surface area (Å²) in [5, 5.41) is 1.06. The lowest BCUT2D eigenvalue weighted by Gasteiger charge is -2.11. The number of rotatable bonds is 2. The number of hydrogen-bond donors (Lipinski definition) is 1. The zero-order valence-electron chi connectivity index (χ0n) is 12.5. The molecule has 0 saturated carbocycles. The van der Waals surface area contributed by atoms with Gasteiger partial charge in [-0.25, -0.2) is 0 Å². The fourth-order valence-electron chi connectivity index (χ4n) is 3.27. The number of anilines is 1. The number of nitrogens with two attached hydrogens (primary N) is 1. The van der Waals surface area contributed by atoms with E-state index in [0.717, 1.165) is 28.8 Å². The summed E-state index contributed by atoms with van der Waals surface area (Å²) < 4.78 is 8.71. The zero-order valence-corrected chi connectivity index (χ0v) is 13.3. The summed E-state index contributed by atoms with van der Waals surface area (Å²) in [5.41, 5.74) is 7.63. The molecule has 1 aliphatic rings. The summed E-state index contributed by atoms with van der Waals surface area (Å²) in [7, 11) is 1.82. The van der Waals surface area contributed by atoms with Crippen LogP contribution in [-0.4, -0.2) is 4.57 Å². The van der Waals surface area contributed by atoms with E-state index in [1.54, 1.807) is 26.7 Å². The van der Waals surface area contributed by atoms with Gasteiger partial charge in [0.1, 0.15) is 11.1 Å². The Hall–Kier alpha value is -2.08.